The molecular formula is C23H23N5O13S4. The zero-order valence-corrected chi connectivity index (χ0v) is 26.2. The van der Waals surface area contributed by atoms with Gasteiger partial charge in [-0.3, -0.25) is 9.78 Å². The molecule has 22 heteroatoms. The van der Waals surface area contributed by atoms with E-state index in [1.54, 1.807) is 30.5 Å². The summed E-state index contributed by atoms with van der Waals surface area (Å²) in [6.07, 6.45) is -0.432. The molecule has 0 aliphatic carbocycles. The van der Waals surface area contributed by atoms with Gasteiger partial charge in [0.2, 0.25) is 0 Å². The lowest BCUT2D eigenvalue weighted by molar-refractivity contribution is -0.788. The monoisotopic (exact) mass is 705 g/mol. The van der Waals surface area contributed by atoms with Crippen molar-refractivity contribution in [2.45, 2.75) is 28.9 Å². The number of nitrogens with zero attached hydrogens (tertiary/aromatic N) is 5. The fourth-order valence-electron chi connectivity index (χ4n) is 3.07. The van der Waals surface area contributed by atoms with Crippen LogP contribution in [0.3, 0.4) is 0 Å². The molecule has 0 aliphatic heterocycles. The summed E-state index contributed by atoms with van der Waals surface area (Å²) in [5, 5.41) is 37.9. The molecule has 0 N–H and O–H groups in total. The number of ketones is 1. The highest BCUT2D eigenvalue weighted by Gasteiger charge is 2.18. The predicted octanol–water partition coefficient (Wildman–Crippen LogP) is 5.18. The highest BCUT2D eigenvalue weighted by atomic mass is 33.1. The van der Waals surface area contributed by atoms with Crippen molar-refractivity contribution in [2.75, 3.05) is 24.7 Å². The quantitative estimate of drug-likeness (QED) is 0.0675. The normalized spacial score (nSPS) is 11.7. The maximum Gasteiger partial charge on any atom is 0.294 e. The number of fused-ring (bicyclic) bond motifs is 1. The average Bonchev–Trinajstić information content (AvgIpc) is 2.98. The van der Waals surface area contributed by atoms with Gasteiger partial charge in [-0.05, 0) is 25.1 Å². The average molecular weight is 706 g/mol. The second kappa shape index (κ2) is 19.9. The van der Waals surface area contributed by atoms with Crippen molar-refractivity contribution < 1.29 is 44.5 Å². The third kappa shape index (κ3) is 14.8. The van der Waals surface area contributed by atoms with E-state index >= 15 is 0 Å². The molecular weight excluding hydrogens is 683 g/mol. The first-order valence-corrected chi connectivity index (χ1v) is 16.8. The SMILES string of the molecule is CC(=O)c1ccccc1SSCC(CO[N+](=O)[O-])O[N+](=O)[O-].O=[N+]([O-])OCC(CSSc1cccc2cccnc12)O[N+](=O)[O-]. The minimum atomic E-state index is -1.08. The first kappa shape index (κ1) is 36.9. The van der Waals surface area contributed by atoms with Crippen molar-refractivity contribution in [1.82, 2.24) is 4.98 Å². The molecule has 0 spiro atoms. The minimum absolute atomic E-state index is 0.0751. The minimum Gasteiger partial charge on any atom is -0.312 e. The maximum absolute atomic E-state index is 11.5. The van der Waals surface area contributed by atoms with Crippen LogP contribution in [0.1, 0.15) is 17.3 Å². The Labute approximate surface area is 269 Å². The molecule has 0 radical (unpaired) electrons. The number of pyridine rings is 1. The first-order valence-electron chi connectivity index (χ1n) is 12.2. The molecule has 0 saturated carbocycles. The third-order valence-electron chi connectivity index (χ3n) is 4.87. The molecule has 3 rings (SSSR count). The lowest BCUT2D eigenvalue weighted by Crippen LogP contribution is -2.26. The van der Waals surface area contributed by atoms with Crippen LogP contribution in [0.2, 0.25) is 0 Å². The number of carbonyl (C=O) groups is 1. The van der Waals surface area contributed by atoms with E-state index in [9.17, 15) is 45.3 Å². The maximum atomic E-state index is 11.5. The molecule has 0 bridgehead atoms. The van der Waals surface area contributed by atoms with Crippen LogP contribution in [-0.4, -0.2) is 68.0 Å². The van der Waals surface area contributed by atoms with Gasteiger partial charge >= 0.3 is 0 Å². The Hall–Kier alpha value is -4.28. The molecule has 2 unspecified atom stereocenters. The van der Waals surface area contributed by atoms with E-state index in [-0.39, 0.29) is 17.3 Å². The summed E-state index contributed by atoms with van der Waals surface area (Å²) in [5.74, 6) is 0.118. The van der Waals surface area contributed by atoms with E-state index in [0.717, 1.165) is 15.8 Å². The Morgan fingerprint density at radius 3 is 1.78 bits per heavy atom. The van der Waals surface area contributed by atoms with Crippen molar-refractivity contribution in [3.8, 4) is 0 Å². The summed E-state index contributed by atoms with van der Waals surface area (Å²) in [7, 11) is 5.04. The van der Waals surface area contributed by atoms with Gasteiger partial charge in [0.25, 0.3) is 20.3 Å². The van der Waals surface area contributed by atoms with Crippen molar-refractivity contribution in [3.05, 3.63) is 107 Å². The second-order valence-electron chi connectivity index (χ2n) is 8.06. The van der Waals surface area contributed by atoms with E-state index in [2.05, 4.69) is 24.3 Å². The van der Waals surface area contributed by atoms with E-state index in [1.807, 2.05) is 30.3 Å². The number of hydrogen-bond acceptors (Lipinski definition) is 18. The van der Waals surface area contributed by atoms with Crippen LogP contribution < -0.4 is 0 Å². The predicted molar refractivity (Wildman–Crippen MR) is 164 cm³/mol. The van der Waals surface area contributed by atoms with Gasteiger partial charge in [0, 0.05) is 38.4 Å². The smallest absolute Gasteiger partial charge is 0.294 e. The zero-order valence-electron chi connectivity index (χ0n) is 22.9. The van der Waals surface area contributed by atoms with Crippen LogP contribution in [0.25, 0.3) is 10.9 Å². The van der Waals surface area contributed by atoms with E-state index < -0.39 is 45.8 Å². The summed E-state index contributed by atoms with van der Waals surface area (Å²) in [5.41, 5.74) is 1.36. The third-order valence-corrected chi connectivity index (χ3v) is 9.77. The van der Waals surface area contributed by atoms with Crippen LogP contribution in [0.15, 0.2) is 70.6 Å². The van der Waals surface area contributed by atoms with Gasteiger partial charge < -0.3 is 19.4 Å². The first-order chi connectivity index (χ1) is 21.5. The largest absolute Gasteiger partial charge is 0.312 e. The number of Topliss-reactive ketones (excluding diaryl/α,β-unsaturated/α-hetero) is 1. The van der Waals surface area contributed by atoms with Gasteiger partial charge in [-0.15, -0.1) is 40.5 Å². The summed E-state index contributed by atoms with van der Waals surface area (Å²) in [4.78, 5) is 75.3. The lowest BCUT2D eigenvalue weighted by atomic mass is 10.1. The number of aromatic nitrogens is 1. The van der Waals surface area contributed by atoms with Crippen molar-refractivity contribution in [1.29, 1.82) is 0 Å². The summed E-state index contributed by atoms with van der Waals surface area (Å²) in [6, 6.07) is 16.4. The van der Waals surface area contributed by atoms with Gasteiger partial charge in [0.05, 0.1) is 5.52 Å². The van der Waals surface area contributed by atoms with Crippen LogP contribution in [0, 0.1) is 40.5 Å². The molecule has 2 atom stereocenters. The molecule has 1 heterocycles. The topological polar surface area (TPSA) is 239 Å². The highest BCUT2D eigenvalue weighted by molar-refractivity contribution is 8.77. The molecule has 0 saturated heterocycles. The van der Waals surface area contributed by atoms with Crippen LogP contribution >= 0.6 is 43.2 Å². The van der Waals surface area contributed by atoms with Crippen LogP contribution in [-0.2, 0) is 19.4 Å². The fraction of sp³-hybridized carbons (Fsp3) is 0.304. The number of para-hydroxylation sites is 1. The van der Waals surface area contributed by atoms with Crippen LogP contribution in [0.5, 0.6) is 0 Å². The molecule has 0 fully saturated rings. The Balaban J connectivity index is 0.000000314. The number of benzene rings is 2. The van der Waals surface area contributed by atoms with Gasteiger partial charge in [-0.2, -0.15) is 0 Å². The van der Waals surface area contributed by atoms with E-state index in [4.69, 9.17) is 0 Å². The highest BCUT2D eigenvalue weighted by Crippen LogP contribution is 2.36. The Morgan fingerprint density at radius 1 is 0.733 bits per heavy atom. The molecule has 0 amide bonds. The number of hydrogen-bond donors (Lipinski definition) is 0. The van der Waals surface area contributed by atoms with Crippen LogP contribution in [0.4, 0.5) is 0 Å². The second-order valence-corrected chi connectivity index (χ2v) is 12.8. The van der Waals surface area contributed by atoms with Crippen molar-refractivity contribution in [3.63, 3.8) is 0 Å². The molecule has 45 heavy (non-hydrogen) atoms. The summed E-state index contributed by atoms with van der Waals surface area (Å²) in [6.45, 7) is 0.388. The summed E-state index contributed by atoms with van der Waals surface area (Å²) < 4.78 is 0. The molecule has 3 aromatic rings. The van der Waals surface area contributed by atoms with Crippen molar-refractivity contribution >= 4 is 59.9 Å². The fourth-order valence-corrected chi connectivity index (χ4v) is 7.82. The Bertz CT molecular complexity index is 1470. The van der Waals surface area contributed by atoms with Gasteiger partial charge in [-0.25, -0.2) is 0 Å². The van der Waals surface area contributed by atoms with Gasteiger partial charge in [0.15, 0.2) is 5.78 Å². The molecule has 0 aliphatic rings. The Kier molecular flexibility index (Phi) is 16.3. The number of carbonyl (C=O) groups excluding carboxylic acids is 1. The molecule has 1 aromatic heterocycles. The number of rotatable bonds is 19. The zero-order chi connectivity index (χ0) is 33.2. The molecule has 2 aromatic carbocycles. The van der Waals surface area contributed by atoms with Gasteiger partial charge in [-0.1, -0.05) is 79.6 Å². The molecule has 242 valence electrons. The Morgan fingerprint density at radius 2 is 1.24 bits per heavy atom. The van der Waals surface area contributed by atoms with E-state index in [1.165, 1.54) is 50.1 Å². The van der Waals surface area contributed by atoms with Gasteiger partial charge in [0.1, 0.15) is 25.4 Å². The van der Waals surface area contributed by atoms with E-state index in [0.29, 0.717) is 10.5 Å². The molecule has 18 nitrogen and oxygen atoms in total. The summed E-state index contributed by atoms with van der Waals surface area (Å²) >= 11 is 0. The standard InChI is InChI=1S/C12H11N3O6S2.C11H12N2O7S2/c16-14(17)20-7-10(21-15(18)19)8-22-23-11-5-1-3-9-4-2-6-13-12(9)11;1-8(14)10-4-2-3-5-11(10)22-21-7-9(20-13(17)18)6-19-12(15)16/h1-6,10H,7-8H2;2-5,9H,6-7H2,1H3. The van der Waals surface area contributed by atoms with Crippen molar-refractivity contribution in [2.24, 2.45) is 0 Å². The lowest BCUT2D eigenvalue weighted by Gasteiger charge is -2.13.